The van der Waals surface area contributed by atoms with Crippen molar-refractivity contribution in [1.29, 1.82) is 5.26 Å². The zero-order valence-corrected chi connectivity index (χ0v) is 24.7. The summed E-state index contributed by atoms with van der Waals surface area (Å²) < 4.78 is 13.0. The third-order valence-electron chi connectivity index (χ3n) is 8.98. The minimum atomic E-state index is 0.638. The van der Waals surface area contributed by atoms with Gasteiger partial charge in [-0.25, -0.2) is 0 Å². The molecule has 0 aliphatic rings. The number of nitriles is 1. The highest BCUT2D eigenvalue weighted by Gasteiger charge is 2.20. The van der Waals surface area contributed by atoms with E-state index < -0.39 is 0 Å². The summed E-state index contributed by atoms with van der Waals surface area (Å²) in [4.78, 5) is 0. The minimum absolute atomic E-state index is 0.638. The van der Waals surface area contributed by atoms with E-state index in [1.54, 1.807) is 0 Å². The molecule has 214 valence electrons. The zero-order chi connectivity index (χ0) is 30.6. The topological polar surface area (TPSA) is 50.1 Å². The lowest BCUT2D eigenvalue weighted by molar-refractivity contribution is 0.669. The van der Waals surface area contributed by atoms with Crippen LogP contribution in [0.25, 0.3) is 88.4 Å². The van der Waals surface area contributed by atoms with E-state index in [-0.39, 0.29) is 0 Å². The van der Waals surface area contributed by atoms with Crippen LogP contribution in [0.1, 0.15) is 5.56 Å². The van der Waals surface area contributed by atoms with Gasteiger partial charge in [0, 0.05) is 38.2 Å². The SMILES string of the molecule is N#Cc1ccccc1-c1ccccc1-c1cc(-c2cccc3c2oc2ccccc23)ccc1-c1cccc2c1oc1ccccc12. The molecule has 9 rings (SSSR count). The number of fused-ring (bicyclic) bond motifs is 6. The predicted molar refractivity (Wildman–Crippen MR) is 187 cm³/mol. The van der Waals surface area contributed by atoms with Crippen LogP contribution in [0, 0.1) is 11.3 Å². The van der Waals surface area contributed by atoms with Crippen LogP contribution >= 0.6 is 0 Å². The lowest BCUT2D eigenvalue weighted by atomic mass is 9.86. The van der Waals surface area contributed by atoms with Gasteiger partial charge in [-0.1, -0.05) is 127 Å². The van der Waals surface area contributed by atoms with Gasteiger partial charge in [-0.05, 0) is 52.1 Å². The number of para-hydroxylation sites is 4. The second-order valence-electron chi connectivity index (χ2n) is 11.5. The molecule has 0 saturated carbocycles. The van der Waals surface area contributed by atoms with E-state index in [9.17, 15) is 5.26 Å². The van der Waals surface area contributed by atoms with Gasteiger partial charge in [0.25, 0.3) is 0 Å². The van der Waals surface area contributed by atoms with E-state index in [0.717, 1.165) is 88.4 Å². The maximum Gasteiger partial charge on any atom is 0.143 e. The molecular weight excluding hydrogens is 562 g/mol. The Hall–Kier alpha value is -6.37. The molecule has 3 nitrogen and oxygen atoms in total. The smallest absolute Gasteiger partial charge is 0.143 e. The van der Waals surface area contributed by atoms with Crippen LogP contribution < -0.4 is 0 Å². The lowest BCUT2D eigenvalue weighted by Crippen LogP contribution is -1.92. The molecular formula is C43H25NO2. The van der Waals surface area contributed by atoms with Crippen LogP contribution in [0.15, 0.2) is 160 Å². The van der Waals surface area contributed by atoms with Crippen LogP contribution in [0.2, 0.25) is 0 Å². The average molecular weight is 588 g/mol. The Kier molecular flexibility index (Phi) is 5.88. The van der Waals surface area contributed by atoms with E-state index in [2.05, 4.69) is 91.0 Å². The minimum Gasteiger partial charge on any atom is -0.455 e. The van der Waals surface area contributed by atoms with Crippen molar-refractivity contribution in [3.05, 3.63) is 157 Å². The fraction of sp³-hybridized carbons (Fsp3) is 0. The standard InChI is InChI=1S/C43H25NO2/c44-26-28-11-1-2-12-29(28)31-13-3-4-14-32(31)39-25-27(30-17-9-19-37-34-15-5-7-21-40(34)45-42(30)37)23-24-33(39)36-18-10-20-38-35-16-6-8-22-41(35)46-43(36)38/h1-25H. The molecule has 9 aromatic rings. The van der Waals surface area contributed by atoms with Gasteiger partial charge in [0.2, 0.25) is 0 Å². The molecule has 0 amide bonds. The fourth-order valence-electron chi connectivity index (χ4n) is 6.87. The van der Waals surface area contributed by atoms with E-state index in [4.69, 9.17) is 8.83 Å². The van der Waals surface area contributed by atoms with Crippen molar-refractivity contribution in [3.63, 3.8) is 0 Å². The van der Waals surface area contributed by atoms with Crippen LogP contribution in [0.5, 0.6) is 0 Å². The zero-order valence-electron chi connectivity index (χ0n) is 24.7. The molecule has 0 radical (unpaired) electrons. The maximum absolute atomic E-state index is 10.0. The van der Waals surface area contributed by atoms with Crippen molar-refractivity contribution in [3.8, 4) is 50.6 Å². The molecule has 3 heteroatoms. The summed E-state index contributed by atoms with van der Waals surface area (Å²) >= 11 is 0. The summed E-state index contributed by atoms with van der Waals surface area (Å²) in [6.07, 6.45) is 0. The van der Waals surface area contributed by atoms with Crippen molar-refractivity contribution in [2.45, 2.75) is 0 Å². The number of hydrogen-bond acceptors (Lipinski definition) is 3. The van der Waals surface area contributed by atoms with E-state index in [1.807, 2.05) is 66.7 Å². The first-order chi connectivity index (χ1) is 22.8. The number of nitrogens with zero attached hydrogens (tertiary/aromatic N) is 1. The van der Waals surface area contributed by atoms with Gasteiger partial charge in [0.15, 0.2) is 0 Å². The third kappa shape index (κ3) is 3.98. The highest BCUT2D eigenvalue weighted by atomic mass is 16.3. The van der Waals surface area contributed by atoms with Gasteiger partial charge in [0.05, 0.1) is 11.6 Å². The Balaban J connectivity index is 1.35. The second-order valence-corrected chi connectivity index (χ2v) is 11.5. The van der Waals surface area contributed by atoms with Crippen molar-refractivity contribution < 1.29 is 8.83 Å². The first-order valence-corrected chi connectivity index (χ1v) is 15.3. The molecule has 0 bridgehead atoms. The predicted octanol–water partition coefficient (Wildman–Crippen LogP) is 12.0. The summed E-state index contributed by atoms with van der Waals surface area (Å²) in [6.45, 7) is 0. The van der Waals surface area contributed by atoms with Crippen molar-refractivity contribution >= 4 is 43.9 Å². The Morgan fingerprint density at radius 3 is 1.52 bits per heavy atom. The molecule has 0 unspecified atom stereocenters. The van der Waals surface area contributed by atoms with E-state index in [1.165, 1.54) is 0 Å². The Morgan fingerprint density at radius 1 is 0.370 bits per heavy atom. The monoisotopic (exact) mass is 587 g/mol. The van der Waals surface area contributed by atoms with E-state index in [0.29, 0.717) is 5.56 Å². The number of furan rings is 2. The summed E-state index contributed by atoms with van der Waals surface area (Å²) in [5.41, 5.74) is 12.2. The molecule has 0 saturated heterocycles. The third-order valence-corrected chi connectivity index (χ3v) is 8.98. The van der Waals surface area contributed by atoms with Gasteiger partial charge in [-0.2, -0.15) is 5.26 Å². The quantitative estimate of drug-likeness (QED) is 0.206. The highest BCUT2D eigenvalue weighted by Crippen LogP contribution is 2.45. The van der Waals surface area contributed by atoms with Crippen LogP contribution in [0.3, 0.4) is 0 Å². The number of benzene rings is 7. The molecule has 0 atom stereocenters. The van der Waals surface area contributed by atoms with Gasteiger partial charge in [0.1, 0.15) is 22.3 Å². The number of rotatable bonds is 4. The average Bonchev–Trinajstić information content (AvgIpc) is 3.70. The second kappa shape index (κ2) is 10.4. The Labute approximate surface area is 265 Å². The number of hydrogen-bond donors (Lipinski definition) is 0. The first kappa shape index (κ1) is 26.1. The molecule has 0 N–H and O–H groups in total. The Bertz CT molecular complexity index is 2670. The van der Waals surface area contributed by atoms with Gasteiger partial charge in [-0.15, -0.1) is 0 Å². The largest absolute Gasteiger partial charge is 0.455 e. The summed E-state index contributed by atoms with van der Waals surface area (Å²) in [6, 6.07) is 54.2. The summed E-state index contributed by atoms with van der Waals surface area (Å²) in [5.74, 6) is 0. The lowest BCUT2D eigenvalue weighted by Gasteiger charge is -2.17. The molecule has 2 aromatic heterocycles. The van der Waals surface area contributed by atoms with Gasteiger partial charge < -0.3 is 8.83 Å². The van der Waals surface area contributed by atoms with Crippen molar-refractivity contribution in [1.82, 2.24) is 0 Å². The van der Waals surface area contributed by atoms with Gasteiger partial charge in [-0.3, -0.25) is 0 Å². The van der Waals surface area contributed by atoms with Gasteiger partial charge >= 0.3 is 0 Å². The maximum atomic E-state index is 10.0. The Morgan fingerprint density at radius 2 is 0.848 bits per heavy atom. The van der Waals surface area contributed by atoms with Crippen molar-refractivity contribution in [2.75, 3.05) is 0 Å². The van der Waals surface area contributed by atoms with Crippen LogP contribution in [-0.4, -0.2) is 0 Å². The molecule has 0 aliphatic carbocycles. The molecule has 46 heavy (non-hydrogen) atoms. The van der Waals surface area contributed by atoms with E-state index >= 15 is 0 Å². The summed E-state index contributed by atoms with van der Waals surface area (Å²) in [7, 11) is 0. The van der Waals surface area contributed by atoms with Crippen LogP contribution in [0.4, 0.5) is 0 Å². The molecule has 7 aromatic carbocycles. The summed E-state index contributed by atoms with van der Waals surface area (Å²) in [5, 5.41) is 14.4. The highest BCUT2D eigenvalue weighted by molar-refractivity contribution is 6.12. The molecule has 0 aliphatic heterocycles. The molecule has 0 fully saturated rings. The molecule has 0 spiro atoms. The fourth-order valence-corrected chi connectivity index (χ4v) is 6.87. The first-order valence-electron chi connectivity index (χ1n) is 15.3. The van der Waals surface area contributed by atoms with Crippen LogP contribution in [-0.2, 0) is 0 Å². The molecule has 2 heterocycles. The van der Waals surface area contributed by atoms with Crippen molar-refractivity contribution in [2.24, 2.45) is 0 Å². The normalized spacial score (nSPS) is 11.5.